The van der Waals surface area contributed by atoms with Crippen molar-refractivity contribution < 1.29 is 24.2 Å². The lowest BCUT2D eigenvalue weighted by molar-refractivity contribution is -0.0245. The fourth-order valence-electron chi connectivity index (χ4n) is 1.67. The summed E-state index contributed by atoms with van der Waals surface area (Å²) in [6.07, 6.45) is 2.51. The number of hydrogen-bond donors (Lipinski definition) is 5. The van der Waals surface area contributed by atoms with E-state index in [0.29, 0.717) is 6.42 Å². The van der Waals surface area contributed by atoms with E-state index < -0.39 is 12.5 Å². The van der Waals surface area contributed by atoms with Crippen molar-refractivity contribution in [2.45, 2.75) is 25.2 Å². The number of thiol groups is 1. The van der Waals surface area contributed by atoms with Crippen molar-refractivity contribution >= 4 is 24.9 Å². The van der Waals surface area contributed by atoms with Gasteiger partial charge in [-0.15, -0.1) is 0 Å². The van der Waals surface area contributed by atoms with E-state index >= 15 is 0 Å². The second-order valence-electron chi connectivity index (χ2n) is 4.03. The van der Waals surface area contributed by atoms with Crippen molar-refractivity contribution in [3.05, 3.63) is 22.7 Å². The van der Waals surface area contributed by atoms with Crippen molar-refractivity contribution in [2.24, 2.45) is 0 Å². The first-order valence-electron chi connectivity index (χ1n) is 5.60. The maximum atomic E-state index is 11.5. The number of aliphatic hydroxyl groups excluding tert-OH is 1. The van der Waals surface area contributed by atoms with Crippen LogP contribution < -0.4 is 11.4 Å². The molecule has 2 atom stereocenters. The number of nitrogen functional groups attached to an aromatic ring is 1. The molecule has 2 heterocycles. The quantitative estimate of drug-likeness (QED) is 0.361. The summed E-state index contributed by atoms with van der Waals surface area (Å²) in [5, 5.41) is 8.90. The van der Waals surface area contributed by atoms with E-state index in [9.17, 15) is 9.36 Å². The molecule has 1 aromatic heterocycles. The molecule has 1 aromatic rings. The van der Waals surface area contributed by atoms with Gasteiger partial charge >= 0.3 is 12.5 Å². The third-order valence-electron chi connectivity index (χ3n) is 2.45. The first kappa shape index (κ1) is 17.2. The van der Waals surface area contributed by atoms with E-state index in [1.807, 2.05) is 0 Å². The fraction of sp³-hybridized carbons (Fsp3) is 0.556. The van der Waals surface area contributed by atoms with Crippen molar-refractivity contribution in [1.29, 1.82) is 0 Å². The summed E-state index contributed by atoms with van der Waals surface area (Å²) >= 11 is 2.79. The molecule has 114 valence electrons. The van der Waals surface area contributed by atoms with Crippen LogP contribution in [0, 0.1) is 0 Å². The molecule has 0 aliphatic carbocycles. The van der Waals surface area contributed by atoms with Crippen LogP contribution >= 0.6 is 19.0 Å². The zero-order valence-corrected chi connectivity index (χ0v) is 12.2. The summed E-state index contributed by atoms with van der Waals surface area (Å²) in [4.78, 5) is 30.1. The van der Waals surface area contributed by atoms with Crippen molar-refractivity contribution in [2.75, 3.05) is 12.3 Å². The van der Waals surface area contributed by atoms with Gasteiger partial charge in [0.05, 0.1) is 12.7 Å². The molecule has 2 rings (SSSR count). The van der Waals surface area contributed by atoms with E-state index in [2.05, 4.69) is 17.2 Å². The first-order chi connectivity index (χ1) is 9.20. The Hall–Kier alpha value is -0.900. The summed E-state index contributed by atoms with van der Waals surface area (Å²) in [5.41, 5.74) is 4.96. The van der Waals surface area contributed by atoms with E-state index in [1.54, 1.807) is 12.3 Å². The molecule has 1 fully saturated rings. The van der Waals surface area contributed by atoms with Crippen LogP contribution in [0.2, 0.25) is 0 Å². The summed E-state index contributed by atoms with van der Waals surface area (Å²) < 4.78 is 16.0. The maximum Gasteiger partial charge on any atom is 0.380 e. The predicted octanol–water partition coefficient (Wildman–Crippen LogP) is -0.496. The van der Waals surface area contributed by atoms with Gasteiger partial charge in [-0.1, -0.05) is 12.2 Å². The van der Waals surface area contributed by atoms with Crippen LogP contribution in [-0.2, 0) is 9.30 Å². The molecule has 0 aromatic carbocycles. The Kier molecular flexibility index (Phi) is 6.18. The highest BCUT2D eigenvalue weighted by atomic mass is 32.7. The van der Waals surface area contributed by atoms with E-state index in [-0.39, 0.29) is 24.8 Å². The Morgan fingerprint density at radius 3 is 2.60 bits per heavy atom. The van der Waals surface area contributed by atoms with Gasteiger partial charge in [0.25, 0.3) is 0 Å². The molecule has 0 radical (unpaired) electrons. The van der Waals surface area contributed by atoms with Crippen molar-refractivity contribution in [3.63, 3.8) is 0 Å². The highest BCUT2D eigenvalue weighted by Gasteiger charge is 2.26. The SMILES string of the molecule is Nc1ccn([C@H]2CC[C@@H](CO)O2)c(=O)n1.O=P(O)(O)S. The number of hydrogen-bond acceptors (Lipinski definition) is 6. The van der Waals surface area contributed by atoms with Gasteiger partial charge in [-0.3, -0.25) is 4.57 Å². The molecular weight excluding hydrogens is 309 g/mol. The molecule has 0 amide bonds. The summed E-state index contributed by atoms with van der Waals surface area (Å²) in [5.74, 6) is 0.202. The summed E-state index contributed by atoms with van der Waals surface area (Å²) in [6, 6.07) is 1.55. The molecule has 0 unspecified atom stereocenters. The highest BCUT2D eigenvalue weighted by molar-refractivity contribution is 8.43. The molecule has 9 nitrogen and oxygen atoms in total. The van der Waals surface area contributed by atoms with Crippen LogP contribution in [0.4, 0.5) is 5.82 Å². The number of anilines is 1. The summed E-state index contributed by atoms with van der Waals surface area (Å²) in [6.45, 7) is -3.96. The second kappa shape index (κ2) is 7.21. The Balaban J connectivity index is 0.000000347. The molecular formula is C9H16N3O6PS. The van der Waals surface area contributed by atoms with Crippen molar-refractivity contribution in [3.8, 4) is 0 Å². The first-order valence-corrected chi connectivity index (χ1v) is 8.36. The molecule has 5 N–H and O–H groups in total. The number of nitrogens with zero attached hydrogens (tertiary/aromatic N) is 2. The van der Waals surface area contributed by atoms with Crippen LogP contribution in [0.1, 0.15) is 19.1 Å². The fourth-order valence-corrected chi connectivity index (χ4v) is 1.67. The van der Waals surface area contributed by atoms with Gasteiger partial charge in [-0.05, 0) is 18.9 Å². The Morgan fingerprint density at radius 1 is 1.55 bits per heavy atom. The maximum absolute atomic E-state index is 11.5. The number of rotatable bonds is 2. The lowest BCUT2D eigenvalue weighted by atomic mass is 10.2. The molecule has 0 saturated carbocycles. The van der Waals surface area contributed by atoms with E-state index in [1.165, 1.54) is 4.57 Å². The van der Waals surface area contributed by atoms with Crippen molar-refractivity contribution in [1.82, 2.24) is 9.55 Å². The Morgan fingerprint density at radius 2 is 2.15 bits per heavy atom. The van der Waals surface area contributed by atoms with Gasteiger partial charge < -0.3 is 25.4 Å². The lowest BCUT2D eigenvalue weighted by Crippen LogP contribution is -2.27. The molecule has 1 saturated heterocycles. The van der Waals surface area contributed by atoms with Gasteiger partial charge in [0, 0.05) is 6.20 Å². The molecule has 20 heavy (non-hydrogen) atoms. The summed E-state index contributed by atoms with van der Waals surface area (Å²) in [7, 11) is 0. The Labute approximate surface area is 119 Å². The second-order valence-corrected chi connectivity index (χ2v) is 6.62. The monoisotopic (exact) mass is 325 g/mol. The van der Waals surface area contributed by atoms with Gasteiger partial charge in [-0.25, -0.2) is 9.36 Å². The van der Waals surface area contributed by atoms with E-state index in [0.717, 1.165) is 6.42 Å². The number of aliphatic hydroxyl groups is 1. The van der Waals surface area contributed by atoms with Gasteiger partial charge in [0.15, 0.2) is 0 Å². The zero-order chi connectivity index (χ0) is 15.3. The molecule has 1 aliphatic rings. The average Bonchev–Trinajstić information content (AvgIpc) is 2.75. The van der Waals surface area contributed by atoms with Crippen LogP contribution in [0.25, 0.3) is 0 Å². The third kappa shape index (κ3) is 6.04. The smallest absolute Gasteiger partial charge is 0.380 e. The largest absolute Gasteiger partial charge is 0.394 e. The van der Waals surface area contributed by atoms with Crippen LogP contribution in [0.5, 0.6) is 0 Å². The zero-order valence-electron chi connectivity index (χ0n) is 10.4. The van der Waals surface area contributed by atoms with Crippen LogP contribution in [-0.4, -0.2) is 37.2 Å². The number of nitrogens with two attached hydrogens (primary N) is 1. The van der Waals surface area contributed by atoms with E-state index in [4.69, 9.17) is 25.4 Å². The predicted molar refractivity (Wildman–Crippen MR) is 74.2 cm³/mol. The van der Waals surface area contributed by atoms with Gasteiger partial charge in [0.1, 0.15) is 12.0 Å². The molecule has 11 heteroatoms. The molecule has 0 spiro atoms. The minimum atomic E-state index is -3.94. The normalized spacial score (nSPS) is 22.2. The third-order valence-corrected chi connectivity index (χ3v) is 2.45. The van der Waals surface area contributed by atoms with Gasteiger partial charge in [0.2, 0.25) is 0 Å². The van der Waals surface area contributed by atoms with Crippen LogP contribution in [0.3, 0.4) is 0 Å². The standard InChI is InChI=1S/C9H13N3O3.H3O3PS/c10-7-3-4-12(9(14)11-7)8-2-1-6(5-13)15-8;1-4(2,3)5/h3-4,6,8,13H,1-2,5H2,(H2,10,11,14);(H3,1,2,3,5)/t6-,8+;/m0./s1. The average molecular weight is 325 g/mol. The molecule has 0 bridgehead atoms. The van der Waals surface area contributed by atoms with Crippen LogP contribution in [0.15, 0.2) is 17.1 Å². The van der Waals surface area contributed by atoms with Gasteiger partial charge in [-0.2, -0.15) is 4.98 Å². The number of aromatic nitrogens is 2. The highest BCUT2D eigenvalue weighted by Crippen LogP contribution is 2.39. The molecule has 1 aliphatic heterocycles. The minimum absolute atomic E-state index is 0.0202. The Bertz CT molecular complexity index is 538. The number of ether oxygens (including phenoxy) is 1. The topological polar surface area (TPSA) is 148 Å². The minimum Gasteiger partial charge on any atom is -0.394 e. The lowest BCUT2D eigenvalue weighted by Gasteiger charge is -2.14.